The molecule has 1 unspecified atom stereocenters. The molecule has 2 N–H and O–H groups in total. The summed E-state index contributed by atoms with van der Waals surface area (Å²) in [6.07, 6.45) is 0.812. The molecule has 5 nitrogen and oxygen atoms in total. The van der Waals surface area contributed by atoms with E-state index in [2.05, 4.69) is 9.62 Å². The molecule has 7 heteroatoms. The van der Waals surface area contributed by atoms with Gasteiger partial charge in [-0.1, -0.05) is 18.2 Å². The van der Waals surface area contributed by atoms with Crippen LogP contribution in [0.15, 0.2) is 29.2 Å². The Bertz CT molecular complexity index is 755. The smallest absolute Gasteiger partial charge is 0.242 e. The Morgan fingerprint density at radius 1 is 1.43 bits per heavy atom. The normalized spacial score (nSPS) is 20.4. The standard InChI is InChI=1S/C14H18N2O3S2/c1-16-7-6-10(8-16)15-21(18,19)14-11-4-2-3-5-12(11)20-13(14)9-17/h2-5,10,15,17H,6-9H2,1H3. The van der Waals surface area contributed by atoms with Gasteiger partial charge in [-0.2, -0.15) is 0 Å². The number of nitrogens with zero attached hydrogens (tertiary/aromatic N) is 1. The van der Waals surface area contributed by atoms with Crippen LogP contribution in [0.1, 0.15) is 11.3 Å². The summed E-state index contributed by atoms with van der Waals surface area (Å²) >= 11 is 1.33. The highest BCUT2D eigenvalue weighted by atomic mass is 32.2. The Balaban J connectivity index is 2.01. The van der Waals surface area contributed by atoms with Crippen LogP contribution in [-0.2, 0) is 16.6 Å². The quantitative estimate of drug-likeness (QED) is 0.890. The highest BCUT2D eigenvalue weighted by molar-refractivity contribution is 7.90. The van der Waals surface area contributed by atoms with E-state index in [1.54, 1.807) is 6.07 Å². The monoisotopic (exact) mass is 326 g/mol. The molecule has 1 fully saturated rings. The van der Waals surface area contributed by atoms with Gasteiger partial charge in [-0.3, -0.25) is 0 Å². The molecule has 1 aliphatic heterocycles. The van der Waals surface area contributed by atoms with Crippen molar-refractivity contribution in [3.05, 3.63) is 29.1 Å². The summed E-state index contributed by atoms with van der Waals surface area (Å²) < 4.78 is 29.1. The minimum Gasteiger partial charge on any atom is -0.391 e. The molecule has 1 aromatic heterocycles. The van der Waals surface area contributed by atoms with Crippen molar-refractivity contribution in [1.29, 1.82) is 0 Å². The van der Waals surface area contributed by atoms with Gasteiger partial charge in [0.15, 0.2) is 0 Å². The molecule has 1 aromatic carbocycles. The predicted molar refractivity (Wildman–Crippen MR) is 84.0 cm³/mol. The molecule has 3 rings (SSSR count). The average molecular weight is 326 g/mol. The molecule has 0 spiro atoms. The van der Waals surface area contributed by atoms with Gasteiger partial charge in [-0.15, -0.1) is 11.3 Å². The Morgan fingerprint density at radius 3 is 2.86 bits per heavy atom. The Hall–Kier alpha value is -0.990. The molecule has 0 amide bonds. The van der Waals surface area contributed by atoms with Gasteiger partial charge in [0.25, 0.3) is 0 Å². The maximum Gasteiger partial charge on any atom is 0.242 e. The number of hydrogen-bond donors (Lipinski definition) is 2. The molecule has 1 saturated heterocycles. The van der Waals surface area contributed by atoms with Crippen molar-refractivity contribution < 1.29 is 13.5 Å². The van der Waals surface area contributed by atoms with Crippen molar-refractivity contribution in [3.63, 3.8) is 0 Å². The fourth-order valence-corrected chi connectivity index (χ4v) is 5.84. The molecule has 21 heavy (non-hydrogen) atoms. The van der Waals surface area contributed by atoms with Gasteiger partial charge >= 0.3 is 0 Å². The summed E-state index contributed by atoms with van der Waals surface area (Å²) in [4.78, 5) is 2.83. The number of benzene rings is 1. The van der Waals surface area contributed by atoms with Crippen molar-refractivity contribution in [3.8, 4) is 0 Å². The van der Waals surface area contributed by atoms with Crippen LogP contribution in [0.5, 0.6) is 0 Å². The fourth-order valence-electron chi connectivity index (χ4n) is 2.78. The van der Waals surface area contributed by atoms with Crippen LogP contribution >= 0.6 is 11.3 Å². The first-order chi connectivity index (χ1) is 10.0. The van der Waals surface area contributed by atoms with Gasteiger partial charge in [-0.25, -0.2) is 13.1 Å². The zero-order valence-electron chi connectivity index (χ0n) is 11.7. The van der Waals surface area contributed by atoms with E-state index in [0.29, 0.717) is 10.3 Å². The van der Waals surface area contributed by atoms with Crippen LogP contribution in [0.2, 0.25) is 0 Å². The van der Waals surface area contributed by atoms with E-state index in [1.165, 1.54) is 11.3 Å². The minimum atomic E-state index is -3.62. The van der Waals surface area contributed by atoms with E-state index in [0.717, 1.165) is 24.2 Å². The molecule has 1 atom stereocenters. The second-order valence-corrected chi connectivity index (χ2v) is 8.17. The van der Waals surface area contributed by atoms with E-state index in [1.807, 2.05) is 25.2 Å². The average Bonchev–Trinajstić information content (AvgIpc) is 3.01. The number of likely N-dealkylation sites (N-methyl/N-ethyl adjacent to an activating group) is 1. The molecule has 1 aliphatic rings. The van der Waals surface area contributed by atoms with E-state index in [4.69, 9.17) is 0 Å². The molecule has 0 radical (unpaired) electrons. The number of thiophene rings is 1. The fraction of sp³-hybridized carbons (Fsp3) is 0.429. The summed E-state index contributed by atoms with van der Waals surface area (Å²) in [5, 5.41) is 10.2. The molecule has 0 aliphatic carbocycles. The van der Waals surface area contributed by atoms with Crippen LogP contribution in [0, 0.1) is 0 Å². The Morgan fingerprint density at radius 2 is 2.19 bits per heavy atom. The van der Waals surface area contributed by atoms with Crippen molar-refractivity contribution in [2.45, 2.75) is 24.0 Å². The van der Waals surface area contributed by atoms with Gasteiger partial charge in [0.05, 0.1) is 11.5 Å². The van der Waals surface area contributed by atoms with Crippen LogP contribution in [-0.4, -0.2) is 44.6 Å². The third-order valence-electron chi connectivity index (χ3n) is 3.74. The third-order valence-corrected chi connectivity index (χ3v) is 6.68. The number of hydrogen-bond acceptors (Lipinski definition) is 5. The van der Waals surface area contributed by atoms with Gasteiger partial charge in [0, 0.05) is 22.7 Å². The lowest BCUT2D eigenvalue weighted by atomic mass is 10.2. The lowest BCUT2D eigenvalue weighted by Gasteiger charge is -2.14. The SMILES string of the molecule is CN1CCC(NS(=O)(=O)c2c(CO)sc3ccccc23)C1. The van der Waals surface area contributed by atoms with Gasteiger partial charge in [-0.05, 0) is 26.1 Å². The van der Waals surface area contributed by atoms with Gasteiger partial charge < -0.3 is 10.0 Å². The number of sulfonamides is 1. The summed E-state index contributed by atoms with van der Waals surface area (Å²) in [6.45, 7) is 1.35. The van der Waals surface area contributed by atoms with Crippen molar-refractivity contribution in [2.24, 2.45) is 0 Å². The molecule has 0 bridgehead atoms. The molecular weight excluding hydrogens is 308 g/mol. The molecule has 114 valence electrons. The lowest BCUT2D eigenvalue weighted by Crippen LogP contribution is -2.36. The lowest BCUT2D eigenvalue weighted by molar-refractivity contribution is 0.282. The van der Waals surface area contributed by atoms with Crippen molar-refractivity contribution >= 4 is 31.4 Å². The number of aliphatic hydroxyl groups is 1. The van der Waals surface area contributed by atoms with E-state index < -0.39 is 10.0 Å². The number of likely N-dealkylation sites (tertiary alicyclic amines) is 1. The number of fused-ring (bicyclic) bond motifs is 1. The van der Waals surface area contributed by atoms with Crippen LogP contribution in [0.25, 0.3) is 10.1 Å². The van der Waals surface area contributed by atoms with Gasteiger partial charge in [0.2, 0.25) is 10.0 Å². The van der Waals surface area contributed by atoms with E-state index in [9.17, 15) is 13.5 Å². The molecule has 2 aromatic rings. The van der Waals surface area contributed by atoms with Crippen molar-refractivity contribution in [2.75, 3.05) is 20.1 Å². The summed E-state index contributed by atoms with van der Waals surface area (Å²) in [5.41, 5.74) is 0. The zero-order chi connectivity index (χ0) is 15.0. The summed E-state index contributed by atoms with van der Waals surface area (Å²) in [5.74, 6) is 0. The van der Waals surface area contributed by atoms with E-state index in [-0.39, 0.29) is 17.5 Å². The minimum absolute atomic E-state index is 0.0646. The zero-order valence-corrected chi connectivity index (χ0v) is 13.4. The first kappa shape index (κ1) is 14.9. The van der Waals surface area contributed by atoms with Crippen LogP contribution < -0.4 is 4.72 Å². The van der Waals surface area contributed by atoms with Crippen molar-refractivity contribution in [1.82, 2.24) is 9.62 Å². The number of nitrogens with one attached hydrogen (secondary N) is 1. The summed E-state index contributed by atoms with van der Waals surface area (Å²) in [7, 11) is -1.64. The van der Waals surface area contributed by atoms with Crippen LogP contribution in [0.4, 0.5) is 0 Å². The molecule has 0 saturated carbocycles. The number of aliphatic hydroxyl groups excluding tert-OH is 1. The second-order valence-electron chi connectivity index (χ2n) is 5.38. The predicted octanol–water partition coefficient (Wildman–Crippen LogP) is 1.38. The molecule has 2 heterocycles. The maximum absolute atomic E-state index is 12.7. The highest BCUT2D eigenvalue weighted by Gasteiger charge is 2.29. The third kappa shape index (κ3) is 2.84. The Labute approximate surface area is 128 Å². The van der Waals surface area contributed by atoms with Crippen LogP contribution in [0.3, 0.4) is 0 Å². The highest BCUT2D eigenvalue weighted by Crippen LogP contribution is 2.34. The summed E-state index contributed by atoms with van der Waals surface area (Å²) in [6, 6.07) is 7.29. The molecular formula is C14H18N2O3S2. The van der Waals surface area contributed by atoms with E-state index >= 15 is 0 Å². The maximum atomic E-state index is 12.7. The largest absolute Gasteiger partial charge is 0.391 e. The number of rotatable bonds is 4. The topological polar surface area (TPSA) is 69.6 Å². The first-order valence-corrected chi connectivity index (χ1v) is 9.13. The second kappa shape index (κ2) is 5.66. The Kier molecular flexibility index (Phi) is 4.02. The first-order valence-electron chi connectivity index (χ1n) is 6.83. The van der Waals surface area contributed by atoms with Gasteiger partial charge in [0.1, 0.15) is 4.90 Å².